The normalized spacial score (nSPS) is 11.5. The average molecular weight is 295 g/mol. The standard InChI is InChI=1S/C18H17NO3/c1-13(20)19(14(2)21)17(15-9-5-3-6-10-15)18(22)16-11-7-4-8-12-16/h3-12,22H,1-2H3/b18-17+. The van der Waals surface area contributed by atoms with E-state index in [9.17, 15) is 14.7 Å². The lowest BCUT2D eigenvalue weighted by Gasteiger charge is -2.22. The van der Waals surface area contributed by atoms with Gasteiger partial charge in [0.05, 0.1) is 0 Å². The summed E-state index contributed by atoms with van der Waals surface area (Å²) in [7, 11) is 0. The smallest absolute Gasteiger partial charge is 0.230 e. The van der Waals surface area contributed by atoms with Crippen molar-refractivity contribution in [2.45, 2.75) is 13.8 Å². The van der Waals surface area contributed by atoms with Gasteiger partial charge in [0, 0.05) is 25.0 Å². The molecular formula is C18H17NO3. The fourth-order valence-electron chi connectivity index (χ4n) is 2.24. The number of hydrogen-bond donors (Lipinski definition) is 1. The first-order valence-corrected chi connectivity index (χ1v) is 6.87. The second-order valence-electron chi connectivity index (χ2n) is 4.80. The van der Waals surface area contributed by atoms with Gasteiger partial charge in [-0.25, -0.2) is 4.90 Å². The second-order valence-corrected chi connectivity index (χ2v) is 4.80. The fraction of sp³-hybridized carbons (Fsp3) is 0.111. The monoisotopic (exact) mass is 295 g/mol. The number of aliphatic hydroxyl groups is 1. The molecule has 0 bridgehead atoms. The Balaban J connectivity index is 2.70. The molecule has 2 amide bonds. The summed E-state index contributed by atoms with van der Waals surface area (Å²) in [6.45, 7) is 2.59. The minimum Gasteiger partial charge on any atom is -0.505 e. The maximum absolute atomic E-state index is 11.9. The third-order valence-corrected chi connectivity index (χ3v) is 3.17. The van der Waals surface area contributed by atoms with Gasteiger partial charge in [0.1, 0.15) is 11.5 Å². The number of carbonyl (C=O) groups is 2. The van der Waals surface area contributed by atoms with Crippen LogP contribution in [0.15, 0.2) is 60.7 Å². The van der Waals surface area contributed by atoms with Crippen molar-refractivity contribution in [3.8, 4) is 0 Å². The lowest BCUT2D eigenvalue weighted by Crippen LogP contribution is -2.32. The number of rotatable bonds is 3. The molecule has 0 aliphatic rings. The van der Waals surface area contributed by atoms with Crippen molar-refractivity contribution < 1.29 is 14.7 Å². The maximum atomic E-state index is 11.9. The number of amides is 2. The predicted molar refractivity (Wildman–Crippen MR) is 85.5 cm³/mol. The van der Waals surface area contributed by atoms with Crippen LogP contribution in [0.2, 0.25) is 0 Å². The van der Waals surface area contributed by atoms with E-state index in [1.807, 2.05) is 12.1 Å². The largest absolute Gasteiger partial charge is 0.505 e. The van der Waals surface area contributed by atoms with Crippen LogP contribution < -0.4 is 0 Å². The molecule has 0 saturated carbocycles. The van der Waals surface area contributed by atoms with E-state index in [1.54, 1.807) is 48.5 Å². The van der Waals surface area contributed by atoms with Crippen molar-refractivity contribution in [3.63, 3.8) is 0 Å². The van der Waals surface area contributed by atoms with Gasteiger partial charge in [-0.2, -0.15) is 0 Å². The molecule has 0 radical (unpaired) electrons. The molecule has 0 spiro atoms. The summed E-state index contributed by atoms with van der Waals surface area (Å²) in [6.07, 6.45) is 0. The van der Waals surface area contributed by atoms with Crippen molar-refractivity contribution in [1.29, 1.82) is 0 Å². The summed E-state index contributed by atoms with van der Waals surface area (Å²) in [5, 5.41) is 10.6. The zero-order chi connectivity index (χ0) is 16.1. The summed E-state index contributed by atoms with van der Waals surface area (Å²) in [5.74, 6) is -1.01. The number of imide groups is 1. The van der Waals surface area contributed by atoms with Gasteiger partial charge in [-0.05, 0) is 0 Å². The van der Waals surface area contributed by atoms with Gasteiger partial charge < -0.3 is 5.11 Å². The molecule has 2 rings (SSSR count). The highest BCUT2D eigenvalue weighted by molar-refractivity contribution is 6.06. The van der Waals surface area contributed by atoms with Gasteiger partial charge in [-0.3, -0.25) is 9.59 Å². The lowest BCUT2D eigenvalue weighted by atomic mass is 10.0. The highest BCUT2D eigenvalue weighted by atomic mass is 16.3. The first-order valence-electron chi connectivity index (χ1n) is 6.87. The van der Waals surface area contributed by atoms with Crippen LogP contribution >= 0.6 is 0 Å². The van der Waals surface area contributed by atoms with E-state index < -0.39 is 11.8 Å². The molecule has 0 aliphatic carbocycles. The molecule has 0 unspecified atom stereocenters. The Kier molecular flexibility index (Phi) is 4.73. The summed E-state index contributed by atoms with van der Waals surface area (Å²) in [6, 6.07) is 17.7. The van der Waals surface area contributed by atoms with Gasteiger partial charge in [0.2, 0.25) is 11.8 Å². The van der Waals surface area contributed by atoms with Crippen LogP contribution in [-0.2, 0) is 9.59 Å². The van der Waals surface area contributed by atoms with Crippen LogP contribution in [-0.4, -0.2) is 21.8 Å². The van der Waals surface area contributed by atoms with E-state index in [2.05, 4.69) is 0 Å². The van der Waals surface area contributed by atoms with E-state index in [0.29, 0.717) is 11.1 Å². The molecule has 0 aliphatic heterocycles. The molecule has 4 heteroatoms. The molecule has 2 aromatic carbocycles. The molecule has 0 atom stereocenters. The minimum absolute atomic E-state index is 0.114. The van der Waals surface area contributed by atoms with Crippen molar-refractivity contribution >= 4 is 23.3 Å². The molecule has 4 nitrogen and oxygen atoms in total. The molecule has 22 heavy (non-hydrogen) atoms. The van der Waals surface area contributed by atoms with Crippen molar-refractivity contribution in [1.82, 2.24) is 4.90 Å². The lowest BCUT2D eigenvalue weighted by molar-refractivity contribution is -0.137. The van der Waals surface area contributed by atoms with Gasteiger partial charge >= 0.3 is 0 Å². The minimum atomic E-state index is -0.450. The third kappa shape index (κ3) is 3.23. The highest BCUT2D eigenvalue weighted by Crippen LogP contribution is 2.28. The van der Waals surface area contributed by atoms with E-state index in [1.165, 1.54) is 13.8 Å². The molecular weight excluding hydrogens is 278 g/mol. The van der Waals surface area contributed by atoms with Crippen molar-refractivity contribution in [3.05, 3.63) is 71.8 Å². The summed E-state index contributed by atoms with van der Waals surface area (Å²) >= 11 is 0. The van der Waals surface area contributed by atoms with E-state index in [0.717, 1.165) is 4.90 Å². The number of hydrogen-bond acceptors (Lipinski definition) is 3. The second kappa shape index (κ2) is 6.72. The molecule has 112 valence electrons. The van der Waals surface area contributed by atoms with Crippen LogP contribution in [0.3, 0.4) is 0 Å². The molecule has 2 aromatic rings. The Morgan fingerprint density at radius 3 is 1.59 bits per heavy atom. The third-order valence-electron chi connectivity index (χ3n) is 3.17. The number of carbonyl (C=O) groups excluding carboxylic acids is 2. The first kappa shape index (κ1) is 15.5. The van der Waals surface area contributed by atoms with Crippen molar-refractivity contribution in [2.24, 2.45) is 0 Å². The van der Waals surface area contributed by atoms with Gasteiger partial charge in [0.15, 0.2) is 0 Å². The van der Waals surface area contributed by atoms with E-state index in [-0.39, 0.29) is 11.5 Å². The predicted octanol–water partition coefficient (Wildman–Crippen LogP) is 3.47. The fourth-order valence-corrected chi connectivity index (χ4v) is 2.24. The van der Waals surface area contributed by atoms with Crippen LogP contribution in [0.1, 0.15) is 25.0 Å². The summed E-state index contributed by atoms with van der Waals surface area (Å²) in [5.41, 5.74) is 1.31. The van der Waals surface area contributed by atoms with Gasteiger partial charge in [0.25, 0.3) is 0 Å². The Labute approximate surface area is 129 Å². The van der Waals surface area contributed by atoms with Crippen LogP contribution in [0, 0.1) is 0 Å². The van der Waals surface area contributed by atoms with Crippen LogP contribution in [0.25, 0.3) is 11.5 Å². The SMILES string of the molecule is CC(=O)N(C(C)=O)/C(=C(/O)c1ccccc1)c1ccccc1. The van der Waals surface area contributed by atoms with Crippen molar-refractivity contribution in [2.75, 3.05) is 0 Å². The molecule has 0 saturated heterocycles. The Morgan fingerprint density at radius 2 is 1.18 bits per heavy atom. The van der Waals surface area contributed by atoms with Crippen LogP contribution in [0.4, 0.5) is 0 Å². The van der Waals surface area contributed by atoms with Gasteiger partial charge in [-0.1, -0.05) is 60.7 Å². The maximum Gasteiger partial charge on any atom is 0.230 e. The van der Waals surface area contributed by atoms with E-state index >= 15 is 0 Å². The van der Waals surface area contributed by atoms with Gasteiger partial charge in [-0.15, -0.1) is 0 Å². The molecule has 0 heterocycles. The topological polar surface area (TPSA) is 57.6 Å². The number of nitrogens with zero attached hydrogens (tertiary/aromatic N) is 1. The molecule has 0 fully saturated rings. The van der Waals surface area contributed by atoms with E-state index in [4.69, 9.17) is 0 Å². The van der Waals surface area contributed by atoms with Crippen LogP contribution in [0.5, 0.6) is 0 Å². The molecule has 0 aromatic heterocycles. The average Bonchev–Trinajstić information content (AvgIpc) is 2.52. The Morgan fingerprint density at radius 1 is 0.773 bits per heavy atom. The Hall–Kier alpha value is -2.88. The quantitative estimate of drug-likeness (QED) is 0.697. The number of benzene rings is 2. The number of aliphatic hydroxyl groups excluding tert-OH is 1. The summed E-state index contributed by atoms with van der Waals surface area (Å²) < 4.78 is 0. The zero-order valence-corrected chi connectivity index (χ0v) is 12.5. The highest BCUT2D eigenvalue weighted by Gasteiger charge is 2.24. The Bertz CT molecular complexity index is 692. The first-order chi connectivity index (χ1) is 10.5. The summed E-state index contributed by atoms with van der Waals surface area (Å²) in [4.78, 5) is 24.8. The molecule has 1 N–H and O–H groups in total. The zero-order valence-electron chi connectivity index (χ0n) is 12.5.